The fraction of sp³-hybridized carbons (Fsp3) is 0.154. The highest BCUT2D eigenvalue weighted by Gasteiger charge is 2.06. The van der Waals surface area contributed by atoms with Crippen LogP contribution in [0.4, 0.5) is 0 Å². The van der Waals surface area contributed by atoms with E-state index in [2.05, 4.69) is 4.98 Å². The van der Waals surface area contributed by atoms with Crippen LogP contribution in [0, 0.1) is 0 Å². The molecule has 0 radical (unpaired) electrons. The van der Waals surface area contributed by atoms with Crippen molar-refractivity contribution in [1.29, 1.82) is 0 Å². The summed E-state index contributed by atoms with van der Waals surface area (Å²) in [5.74, 6) is 0.766. The number of ether oxygens (including phenoxy) is 1. The van der Waals surface area contributed by atoms with Crippen molar-refractivity contribution in [2.45, 2.75) is 6.54 Å². The van der Waals surface area contributed by atoms with Crippen LogP contribution in [0.3, 0.4) is 0 Å². The van der Waals surface area contributed by atoms with Gasteiger partial charge in [0.2, 0.25) is 0 Å². The first kappa shape index (κ1) is 11.4. The maximum atomic E-state index is 11.4. The van der Waals surface area contributed by atoms with Crippen LogP contribution in [-0.4, -0.2) is 12.1 Å². The average Bonchev–Trinajstić information content (AvgIpc) is 2.39. The Labute approximate surface area is 99.1 Å². The van der Waals surface area contributed by atoms with Crippen LogP contribution >= 0.6 is 0 Å². The Morgan fingerprint density at radius 1 is 1.35 bits per heavy atom. The molecule has 0 aliphatic carbocycles. The van der Waals surface area contributed by atoms with E-state index in [1.54, 1.807) is 19.4 Å². The Balaban J connectivity index is 2.56. The Hall–Kier alpha value is -2.07. The molecule has 0 amide bonds. The minimum Gasteiger partial charge on any atom is -0.496 e. The Bertz CT molecular complexity index is 576. The molecule has 3 N–H and O–H groups in total. The molecule has 17 heavy (non-hydrogen) atoms. The highest BCUT2D eigenvalue weighted by Crippen LogP contribution is 2.28. The number of para-hydroxylation sites is 1. The molecule has 1 aromatic carbocycles. The van der Waals surface area contributed by atoms with Gasteiger partial charge in [-0.3, -0.25) is 4.79 Å². The number of benzene rings is 1. The highest BCUT2D eigenvalue weighted by molar-refractivity contribution is 5.70. The largest absolute Gasteiger partial charge is 0.496 e. The third kappa shape index (κ3) is 2.21. The van der Waals surface area contributed by atoms with Gasteiger partial charge in [0.1, 0.15) is 5.75 Å². The van der Waals surface area contributed by atoms with Crippen molar-refractivity contribution in [2.75, 3.05) is 7.11 Å². The first-order valence-corrected chi connectivity index (χ1v) is 5.31. The van der Waals surface area contributed by atoms with Gasteiger partial charge < -0.3 is 15.5 Å². The van der Waals surface area contributed by atoms with E-state index >= 15 is 0 Å². The Morgan fingerprint density at radius 3 is 2.82 bits per heavy atom. The maximum Gasteiger partial charge on any atom is 0.252 e. The first-order valence-electron chi connectivity index (χ1n) is 5.31. The molecule has 0 bridgehead atoms. The molecule has 2 rings (SSSR count). The van der Waals surface area contributed by atoms with E-state index < -0.39 is 0 Å². The summed E-state index contributed by atoms with van der Waals surface area (Å²) in [5, 5.41) is 0. The fourth-order valence-electron chi connectivity index (χ4n) is 1.72. The Morgan fingerprint density at radius 2 is 2.12 bits per heavy atom. The molecule has 0 unspecified atom stereocenters. The summed E-state index contributed by atoms with van der Waals surface area (Å²) in [6.45, 7) is 0.221. The first-order chi connectivity index (χ1) is 8.26. The molecule has 0 saturated carbocycles. The predicted octanol–water partition coefficient (Wildman–Crippen LogP) is 1.51. The van der Waals surface area contributed by atoms with Crippen LogP contribution in [0.1, 0.15) is 5.56 Å². The lowest BCUT2D eigenvalue weighted by Crippen LogP contribution is -2.15. The van der Waals surface area contributed by atoms with Crippen LogP contribution in [0.2, 0.25) is 0 Å². The molecule has 0 spiro atoms. The zero-order valence-corrected chi connectivity index (χ0v) is 9.57. The molecule has 1 heterocycles. The summed E-state index contributed by atoms with van der Waals surface area (Å²) in [7, 11) is 1.62. The van der Waals surface area contributed by atoms with E-state index in [-0.39, 0.29) is 12.1 Å². The zero-order chi connectivity index (χ0) is 12.3. The van der Waals surface area contributed by atoms with E-state index in [0.29, 0.717) is 5.56 Å². The third-order valence-electron chi connectivity index (χ3n) is 2.62. The summed E-state index contributed by atoms with van der Waals surface area (Å²) in [5.41, 5.74) is 7.76. The van der Waals surface area contributed by atoms with Gasteiger partial charge in [-0.1, -0.05) is 18.2 Å². The lowest BCUT2D eigenvalue weighted by Gasteiger charge is -2.08. The Kier molecular flexibility index (Phi) is 3.25. The van der Waals surface area contributed by atoms with E-state index in [4.69, 9.17) is 10.5 Å². The highest BCUT2D eigenvalue weighted by atomic mass is 16.5. The predicted molar refractivity (Wildman–Crippen MR) is 66.9 cm³/mol. The molecule has 1 aromatic heterocycles. The van der Waals surface area contributed by atoms with Crippen LogP contribution in [-0.2, 0) is 6.54 Å². The molecule has 88 valence electrons. The van der Waals surface area contributed by atoms with Gasteiger partial charge in [0.05, 0.1) is 7.11 Å². The average molecular weight is 230 g/mol. The monoisotopic (exact) mass is 230 g/mol. The molecule has 0 aliphatic heterocycles. The van der Waals surface area contributed by atoms with Crippen LogP contribution in [0.15, 0.2) is 41.3 Å². The number of aromatic nitrogens is 1. The van der Waals surface area contributed by atoms with Gasteiger partial charge in [-0.15, -0.1) is 0 Å². The number of nitrogens with one attached hydrogen (secondary N) is 1. The lowest BCUT2D eigenvalue weighted by molar-refractivity contribution is 0.416. The summed E-state index contributed by atoms with van der Waals surface area (Å²) in [4.78, 5) is 14.1. The van der Waals surface area contributed by atoms with E-state index in [1.807, 2.05) is 24.3 Å². The summed E-state index contributed by atoms with van der Waals surface area (Å²) in [6, 6.07) is 9.43. The van der Waals surface area contributed by atoms with Crippen LogP contribution in [0.25, 0.3) is 11.1 Å². The van der Waals surface area contributed by atoms with Crippen LogP contribution < -0.4 is 16.0 Å². The molecule has 0 saturated heterocycles. The third-order valence-corrected chi connectivity index (χ3v) is 2.62. The summed E-state index contributed by atoms with van der Waals surface area (Å²) >= 11 is 0. The smallest absolute Gasteiger partial charge is 0.252 e. The quantitative estimate of drug-likeness (QED) is 0.839. The SMILES string of the molecule is COc1ccccc1-c1c[nH]c(=O)c(CN)c1. The van der Waals surface area contributed by atoms with Gasteiger partial charge >= 0.3 is 0 Å². The van der Waals surface area contributed by atoms with Gasteiger partial charge in [-0.25, -0.2) is 0 Å². The second-order valence-electron chi connectivity index (χ2n) is 3.65. The van der Waals surface area contributed by atoms with E-state index in [0.717, 1.165) is 16.9 Å². The molecular weight excluding hydrogens is 216 g/mol. The van der Waals surface area contributed by atoms with Crippen molar-refractivity contribution in [2.24, 2.45) is 5.73 Å². The van der Waals surface area contributed by atoms with Gasteiger partial charge in [0.15, 0.2) is 0 Å². The number of hydrogen-bond donors (Lipinski definition) is 2. The standard InChI is InChI=1S/C13H14N2O2/c1-17-12-5-3-2-4-11(12)10-6-9(7-14)13(16)15-8-10/h2-6,8H,7,14H2,1H3,(H,15,16). The van der Waals surface area contributed by atoms with Crippen molar-refractivity contribution in [3.8, 4) is 16.9 Å². The van der Waals surface area contributed by atoms with Crippen LogP contribution in [0.5, 0.6) is 5.75 Å². The van der Waals surface area contributed by atoms with Gasteiger partial charge in [0, 0.05) is 29.4 Å². The maximum absolute atomic E-state index is 11.4. The number of pyridine rings is 1. The minimum absolute atomic E-state index is 0.147. The number of H-pyrrole nitrogens is 1. The molecule has 4 heteroatoms. The second kappa shape index (κ2) is 4.84. The van der Waals surface area contributed by atoms with Crippen molar-refractivity contribution in [3.63, 3.8) is 0 Å². The number of methoxy groups -OCH3 is 1. The van der Waals surface area contributed by atoms with Crippen molar-refractivity contribution >= 4 is 0 Å². The number of nitrogens with two attached hydrogens (primary N) is 1. The number of aromatic amines is 1. The minimum atomic E-state index is -0.147. The number of rotatable bonds is 3. The second-order valence-corrected chi connectivity index (χ2v) is 3.65. The van der Waals surface area contributed by atoms with Gasteiger partial charge in [-0.2, -0.15) is 0 Å². The molecular formula is C13H14N2O2. The van der Waals surface area contributed by atoms with Crippen molar-refractivity contribution in [3.05, 3.63) is 52.4 Å². The summed E-state index contributed by atoms with van der Waals surface area (Å²) in [6.07, 6.45) is 1.67. The summed E-state index contributed by atoms with van der Waals surface area (Å²) < 4.78 is 5.28. The van der Waals surface area contributed by atoms with Gasteiger partial charge in [0.25, 0.3) is 5.56 Å². The molecule has 0 atom stereocenters. The molecule has 0 fully saturated rings. The van der Waals surface area contributed by atoms with E-state index in [1.165, 1.54) is 0 Å². The normalized spacial score (nSPS) is 10.2. The number of hydrogen-bond acceptors (Lipinski definition) is 3. The molecule has 4 nitrogen and oxygen atoms in total. The van der Waals surface area contributed by atoms with Crippen molar-refractivity contribution in [1.82, 2.24) is 4.98 Å². The molecule has 2 aromatic rings. The zero-order valence-electron chi connectivity index (χ0n) is 9.57. The molecule has 0 aliphatic rings. The lowest BCUT2D eigenvalue weighted by atomic mass is 10.0. The fourth-order valence-corrected chi connectivity index (χ4v) is 1.72. The topological polar surface area (TPSA) is 68.1 Å². The van der Waals surface area contributed by atoms with Gasteiger partial charge in [-0.05, 0) is 12.1 Å². The van der Waals surface area contributed by atoms with Crippen molar-refractivity contribution < 1.29 is 4.74 Å². The van der Waals surface area contributed by atoms with E-state index in [9.17, 15) is 4.79 Å².